The van der Waals surface area contributed by atoms with Gasteiger partial charge in [-0.3, -0.25) is 0 Å². The Hall–Kier alpha value is -3.04. The minimum atomic E-state index is -4.69. The highest BCUT2D eigenvalue weighted by Crippen LogP contribution is 2.42. The van der Waals surface area contributed by atoms with E-state index in [-0.39, 0.29) is 17.0 Å². The smallest absolute Gasteiger partial charge is 0.350 e. The maximum atomic E-state index is 13.6. The predicted octanol–water partition coefficient (Wildman–Crippen LogP) is 5.59. The van der Waals surface area contributed by atoms with Crippen molar-refractivity contribution in [3.8, 4) is 28.2 Å². The molecule has 164 valence electrons. The van der Waals surface area contributed by atoms with Crippen LogP contribution in [0.25, 0.3) is 28.2 Å². The number of hydrogen-bond donors (Lipinski definition) is 1. The van der Waals surface area contributed by atoms with Gasteiger partial charge >= 0.3 is 6.18 Å². The zero-order chi connectivity index (χ0) is 22.1. The van der Waals surface area contributed by atoms with Gasteiger partial charge in [0.05, 0.1) is 17.6 Å². The highest BCUT2D eigenvalue weighted by atomic mass is 32.2. The zero-order valence-electron chi connectivity index (χ0n) is 16.8. The first-order valence-electron chi connectivity index (χ1n) is 10.1. The number of imidazole rings is 1. The summed E-state index contributed by atoms with van der Waals surface area (Å²) >= 11 is 1.92. The summed E-state index contributed by atoms with van der Waals surface area (Å²) in [6.07, 6.45) is -1.62. The summed E-state index contributed by atoms with van der Waals surface area (Å²) in [5.41, 5.74) is 2.65. The third-order valence-corrected chi connectivity index (χ3v) is 6.61. The summed E-state index contributed by atoms with van der Waals surface area (Å²) < 4.78 is 47.4. The minimum Gasteiger partial charge on any atom is -0.350 e. The predicted molar refractivity (Wildman–Crippen MR) is 118 cm³/mol. The number of nitrogens with zero attached hydrogens (tertiary/aromatic N) is 3. The molecule has 1 fully saturated rings. The topological polar surface area (TPSA) is 55.9 Å². The van der Waals surface area contributed by atoms with Crippen molar-refractivity contribution in [2.45, 2.75) is 11.4 Å². The molecule has 1 saturated heterocycles. The molecule has 5 rings (SSSR count). The summed E-state index contributed by atoms with van der Waals surface area (Å²) in [6.45, 7) is 1.94. The van der Waals surface area contributed by atoms with Gasteiger partial charge in [-0.2, -0.15) is 24.9 Å². The van der Waals surface area contributed by atoms with Crippen molar-refractivity contribution in [1.29, 1.82) is 0 Å². The maximum absolute atomic E-state index is 13.6. The van der Waals surface area contributed by atoms with Crippen LogP contribution in [0.4, 0.5) is 13.2 Å². The Bertz CT molecular complexity index is 1200. The molecule has 32 heavy (non-hydrogen) atoms. The van der Waals surface area contributed by atoms with E-state index in [1.54, 1.807) is 41.1 Å². The third kappa shape index (κ3) is 4.05. The number of aromatic nitrogens is 3. The van der Waals surface area contributed by atoms with Crippen LogP contribution in [0.3, 0.4) is 0 Å². The lowest BCUT2D eigenvalue weighted by Gasteiger charge is -2.22. The van der Waals surface area contributed by atoms with Crippen LogP contribution in [0.15, 0.2) is 71.6 Å². The Morgan fingerprint density at radius 2 is 1.84 bits per heavy atom. The van der Waals surface area contributed by atoms with E-state index in [1.165, 1.54) is 11.9 Å². The van der Waals surface area contributed by atoms with Gasteiger partial charge in [0, 0.05) is 41.5 Å². The van der Waals surface area contributed by atoms with E-state index in [9.17, 15) is 13.2 Å². The van der Waals surface area contributed by atoms with Crippen LogP contribution >= 0.6 is 11.8 Å². The SMILES string of the molecule is FC(F)(F)c1onc(-c2ccccc2)c1-c1cn(-c2ccc(C3CNCCS3)cc2)cn1. The number of halogens is 3. The number of benzene rings is 2. The molecule has 1 unspecified atom stereocenters. The number of rotatable bonds is 4. The van der Waals surface area contributed by atoms with Crippen molar-refractivity contribution in [2.24, 2.45) is 0 Å². The van der Waals surface area contributed by atoms with Gasteiger partial charge in [-0.1, -0.05) is 47.6 Å². The number of alkyl halides is 3. The molecule has 0 bridgehead atoms. The molecule has 2 aromatic heterocycles. The fourth-order valence-corrected chi connectivity index (χ4v) is 4.88. The summed E-state index contributed by atoms with van der Waals surface area (Å²) in [5, 5.41) is 7.51. The van der Waals surface area contributed by atoms with Crippen LogP contribution in [-0.2, 0) is 6.18 Å². The quantitative estimate of drug-likeness (QED) is 0.434. The van der Waals surface area contributed by atoms with Crippen molar-refractivity contribution in [3.05, 3.63) is 78.4 Å². The van der Waals surface area contributed by atoms with Crippen molar-refractivity contribution >= 4 is 11.8 Å². The summed E-state index contributed by atoms with van der Waals surface area (Å²) in [7, 11) is 0. The first kappa shape index (κ1) is 20.8. The first-order valence-corrected chi connectivity index (χ1v) is 11.1. The van der Waals surface area contributed by atoms with Gasteiger partial charge in [-0.05, 0) is 17.7 Å². The van der Waals surface area contributed by atoms with Crippen LogP contribution < -0.4 is 5.32 Å². The standard InChI is InChI=1S/C23H19F3N4OS/c24-23(25,26)22-20(21(29-31-22)16-4-2-1-3-5-16)18-13-30(14-28-18)17-8-6-15(7-9-17)19-12-27-10-11-32-19/h1-9,13-14,19,27H,10-12H2. The molecule has 1 aliphatic heterocycles. The summed E-state index contributed by atoms with van der Waals surface area (Å²) in [6, 6.07) is 16.6. The second-order valence-electron chi connectivity index (χ2n) is 7.42. The molecule has 0 aliphatic carbocycles. The Morgan fingerprint density at radius 1 is 1.06 bits per heavy atom. The average molecular weight is 456 g/mol. The molecular weight excluding hydrogens is 437 g/mol. The lowest BCUT2D eigenvalue weighted by molar-refractivity contribution is -0.154. The zero-order valence-corrected chi connectivity index (χ0v) is 17.7. The Labute approximate surface area is 186 Å². The van der Waals surface area contributed by atoms with Crippen LogP contribution in [0.5, 0.6) is 0 Å². The van der Waals surface area contributed by atoms with Gasteiger partial charge in [0.1, 0.15) is 5.69 Å². The van der Waals surface area contributed by atoms with E-state index < -0.39 is 11.9 Å². The van der Waals surface area contributed by atoms with Crippen molar-refractivity contribution in [3.63, 3.8) is 0 Å². The number of nitrogens with one attached hydrogen (secondary N) is 1. The van der Waals surface area contributed by atoms with Crippen molar-refractivity contribution in [1.82, 2.24) is 20.0 Å². The van der Waals surface area contributed by atoms with E-state index >= 15 is 0 Å². The lowest BCUT2D eigenvalue weighted by atomic mass is 10.0. The van der Waals surface area contributed by atoms with Crippen molar-refractivity contribution in [2.75, 3.05) is 18.8 Å². The van der Waals surface area contributed by atoms with E-state index in [0.29, 0.717) is 10.8 Å². The minimum absolute atomic E-state index is 0.111. The second-order valence-corrected chi connectivity index (χ2v) is 8.73. The van der Waals surface area contributed by atoms with E-state index in [4.69, 9.17) is 4.52 Å². The van der Waals surface area contributed by atoms with Gasteiger partial charge in [0.25, 0.3) is 0 Å². The van der Waals surface area contributed by atoms with E-state index in [1.807, 2.05) is 23.9 Å². The molecule has 9 heteroatoms. The Morgan fingerprint density at radius 3 is 2.53 bits per heavy atom. The molecule has 0 spiro atoms. The normalized spacial score (nSPS) is 16.9. The molecule has 0 amide bonds. The molecule has 0 radical (unpaired) electrons. The van der Waals surface area contributed by atoms with Crippen LogP contribution in [-0.4, -0.2) is 33.6 Å². The lowest BCUT2D eigenvalue weighted by Crippen LogP contribution is -2.28. The van der Waals surface area contributed by atoms with Crippen LogP contribution in [0.1, 0.15) is 16.6 Å². The van der Waals surface area contributed by atoms with Crippen molar-refractivity contribution < 1.29 is 17.7 Å². The molecule has 3 heterocycles. The van der Waals surface area contributed by atoms with Gasteiger partial charge in [0.2, 0.25) is 5.76 Å². The molecule has 1 atom stereocenters. The molecule has 4 aromatic rings. The Balaban J connectivity index is 1.50. The summed E-state index contributed by atoms with van der Waals surface area (Å²) in [4.78, 5) is 4.26. The van der Waals surface area contributed by atoms with Gasteiger partial charge in [0.15, 0.2) is 0 Å². The highest BCUT2D eigenvalue weighted by Gasteiger charge is 2.41. The molecule has 1 aliphatic rings. The molecule has 2 aromatic carbocycles. The number of hydrogen-bond acceptors (Lipinski definition) is 5. The van der Waals surface area contributed by atoms with Gasteiger partial charge < -0.3 is 14.4 Å². The molecule has 0 saturated carbocycles. The van der Waals surface area contributed by atoms with Gasteiger partial charge in [-0.25, -0.2) is 4.98 Å². The van der Waals surface area contributed by atoms with E-state index in [0.717, 1.165) is 24.5 Å². The molecule has 1 N–H and O–H groups in total. The molecular formula is C23H19F3N4OS. The fraction of sp³-hybridized carbons (Fsp3) is 0.217. The number of thioether (sulfide) groups is 1. The Kier molecular flexibility index (Phi) is 5.52. The maximum Gasteiger partial charge on any atom is 0.453 e. The monoisotopic (exact) mass is 456 g/mol. The molecule has 5 nitrogen and oxygen atoms in total. The second kappa shape index (κ2) is 8.48. The summed E-state index contributed by atoms with van der Waals surface area (Å²) in [5.74, 6) is -0.0832. The van der Waals surface area contributed by atoms with Crippen LogP contribution in [0.2, 0.25) is 0 Å². The van der Waals surface area contributed by atoms with Gasteiger partial charge in [-0.15, -0.1) is 0 Å². The largest absolute Gasteiger partial charge is 0.453 e. The highest BCUT2D eigenvalue weighted by molar-refractivity contribution is 7.99. The van der Waals surface area contributed by atoms with E-state index in [2.05, 4.69) is 27.6 Å². The average Bonchev–Trinajstić information content (AvgIpc) is 3.48. The first-order chi connectivity index (χ1) is 15.5. The van der Waals surface area contributed by atoms with Crippen LogP contribution in [0, 0.1) is 0 Å². The third-order valence-electron chi connectivity index (χ3n) is 5.33. The fourth-order valence-electron chi connectivity index (χ4n) is 3.75.